The van der Waals surface area contributed by atoms with Gasteiger partial charge in [-0.1, -0.05) is 312 Å². The lowest BCUT2D eigenvalue weighted by Gasteiger charge is -2.18. The predicted molar refractivity (Wildman–Crippen MR) is 325 cm³/mol. The van der Waals surface area contributed by atoms with Crippen molar-refractivity contribution in [2.24, 2.45) is 0 Å². The Balaban J connectivity index is 3.97. The van der Waals surface area contributed by atoms with Crippen LogP contribution in [0.15, 0.2) is 72.9 Å². The van der Waals surface area contributed by atoms with Gasteiger partial charge in [-0.25, -0.2) is 0 Å². The number of unbranched alkanes of at least 4 members (excludes halogenated alkanes) is 37. The van der Waals surface area contributed by atoms with E-state index in [0.29, 0.717) is 12.8 Å². The highest BCUT2D eigenvalue weighted by Gasteiger charge is 2.19. The molecular formula is C69H122O6. The fourth-order valence-electron chi connectivity index (χ4n) is 9.40. The fourth-order valence-corrected chi connectivity index (χ4v) is 9.40. The van der Waals surface area contributed by atoms with Crippen molar-refractivity contribution in [1.82, 2.24) is 0 Å². The lowest BCUT2D eigenvalue weighted by atomic mass is 10.0. The molecule has 0 aliphatic rings. The van der Waals surface area contributed by atoms with Gasteiger partial charge in [0, 0.05) is 12.8 Å². The number of esters is 3. The van der Waals surface area contributed by atoms with Crippen LogP contribution in [0.1, 0.15) is 329 Å². The van der Waals surface area contributed by atoms with E-state index >= 15 is 0 Å². The largest absolute Gasteiger partial charge is 0.462 e. The molecule has 1 unspecified atom stereocenters. The van der Waals surface area contributed by atoms with E-state index in [1.54, 1.807) is 6.08 Å². The van der Waals surface area contributed by atoms with Crippen molar-refractivity contribution in [3.63, 3.8) is 0 Å². The van der Waals surface area contributed by atoms with Crippen molar-refractivity contribution < 1.29 is 28.6 Å². The van der Waals surface area contributed by atoms with Crippen LogP contribution in [0.25, 0.3) is 0 Å². The van der Waals surface area contributed by atoms with Gasteiger partial charge >= 0.3 is 17.9 Å². The zero-order valence-corrected chi connectivity index (χ0v) is 49.8. The Morgan fingerprint density at radius 3 is 0.867 bits per heavy atom. The van der Waals surface area contributed by atoms with Gasteiger partial charge in [-0.15, -0.1) is 0 Å². The predicted octanol–water partition coefficient (Wildman–Crippen LogP) is 22.1. The van der Waals surface area contributed by atoms with Gasteiger partial charge < -0.3 is 14.2 Å². The number of hydrogen-bond donors (Lipinski definition) is 0. The molecule has 0 spiro atoms. The van der Waals surface area contributed by atoms with E-state index in [4.69, 9.17) is 14.2 Å². The van der Waals surface area contributed by atoms with E-state index < -0.39 is 12.1 Å². The topological polar surface area (TPSA) is 78.9 Å². The molecule has 0 saturated carbocycles. The van der Waals surface area contributed by atoms with E-state index in [1.165, 1.54) is 218 Å². The standard InChI is InChI=1S/C69H122O6/c1-4-7-10-13-16-18-20-22-24-25-26-27-28-29-30-31-32-33-34-35-36-37-38-39-40-41-42-43-45-46-48-50-53-56-59-62-68(71)74-65-66(64-73-67(70)61-58-55-52-15-12-9-6-3)75-69(72)63-60-57-54-51-49-47-44-23-21-19-17-14-11-8-5-2/h8,11,17,19,23,25-26,44,49,51,57,60,66H,4-7,9-10,12-16,18,20-22,24,27-43,45-48,50,52-56,58-59,61-65H2,1-3H3/b11-8-,19-17-,26-25-,44-23-,51-49-,60-57-. The Hall–Kier alpha value is -3.15. The molecule has 0 aromatic carbocycles. The molecule has 0 fully saturated rings. The Morgan fingerprint density at radius 2 is 0.560 bits per heavy atom. The highest BCUT2D eigenvalue weighted by molar-refractivity contribution is 5.72. The molecule has 0 amide bonds. The molecule has 0 radical (unpaired) electrons. The van der Waals surface area contributed by atoms with Crippen LogP contribution in [-0.4, -0.2) is 37.2 Å². The van der Waals surface area contributed by atoms with Crippen LogP contribution in [0.3, 0.4) is 0 Å². The SMILES string of the molecule is CC/C=C\C/C=C\C/C=C\C/C=C\C/C=C\CC(=O)OC(COC(=O)CCCCCCCCC)COC(=O)CCCCCCCCCCCCCCCCCCCCCCCCC/C=C\CCCCCCCCCC. The third kappa shape index (κ3) is 61.6. The summed E-state index contributed by atoms with van der Waals surface area (Å²) in [5.74, 6) is -1.04. The minimum Gasteiger partial charge on any atom is -0.462 e. The minimum atomic E-state index is -0.825. The van der Waals surface area contributed by atoms with E-state index in [9.17, 15) is 14.4 Å². The summed E-state index contributed by atoms with van der Waals surface area (Å²) in [5, 5.41) is 0. The number of allylic oxidation sites excluding steroid dienone is 11. The molecule has 0 rings (SSSR count). The molecular weight excluding hydrogens is 925 g/mol. The van der Waals surface area contributed by atoms with E-state index in [2.05, 4.69) is 81.5 Å². The maximum Gasteiger partial charge on any atom is 0.310 e. The molecule has 6 nitrogen and oxygen atoms in total. The lowest BCUT2D eigenvalue weighted by molar-refractivity contribution is -0.166. The van der Waals surface area contributed by atoms with Gasteiger partial charge in [-0.3, -0.25) is 14.4 Å². The second-order valence-corrected chi connectivity index (χ2v) is 21.7. The van der Waals surface area contributed by atoms with Crippen LogP contribution in [0, 0.1) is 0 Å². The second kappa shape index (κ2) is 63.4. The zero-order valence-electron chi connectivity index (χ0n) is 49.8. The average molecular weight is 1050 g/mol. The molecule has 75 heavy (non-hydrogen) atoms. The quantitative estimate of drug-likeness (QED) is 0.0261. The summed E-state index contributed by atoms with van der Waals surface area (Å²) < 4.78 is 16.7. The molecule has 0 aliphatic heterocycles. The third-order valence-electron chi connectivity index (χ3n) is 14.2. The first-order valence-electron chi connectivity index (χ1n) is 32.4. The molecule has 6 heteroatoms. The first-order chi connectivity index (χ1) is 37.0. The van der Waals surface area contributed by atoms with E-state index in [-0.39, 0.29) is 31.6 Å². The Kier molecular flexibility index (Phi) is 60.7. The van der Waals surface area contributed by atoms with Crippen molar-refractivity contribution >= 4 is 17.9 Å². The van der Waals surface area contributed by atoms with Crippen molar-refractivity contribution in [1.29, 1.82) is 0 Å². The van der Waals surface area contributed by atoms with Crippen molar-refractivity contribution in [3.05, 3.63) is 72.9 Å². The summed E-state index contributed by atoms with van der Waals surface area (Å²) in [5.41, 5.74) is 0. The molecule has 1 atom stereocenters. The van der Waals surface area contributed by atoms with Gasteiger partial charge in [0.25, 0.3) is 0 Å². The van der Waals surface area contributed by atoms with E-state index in [1.807, 2.05) is 6.08 Å². The minimum absolute atomic E-state index is 0.1000. The van der Waals surface area contributed by atoms with Crippen LogP contribution in [-0.2, 0) is 28.6 Å². The van der Waals surface area contributed by atoms with Crippen LogP contribution < -0.4 is 0 Å². The Morgan fingerprint density at radius 1 is 0.293 bits per heavy atom. The zero-order chi connectivity index (χ0) is 54.3. The molecule has 0 heterocycles. The first kappa shape index (κ1) is 71.8. The molecule has 434 valence electrons. The summed E-state index contributed by atoms with van der Waals surface area (Å²) in [6.07, 6.45) is 82.9. The van der Waals surface area contributed by atoms with Gasteiger partial charge in [0.05, 0.1) is 6.42 Å². The molecule has 0 aromatic heterocycles. The summed E-state index contributed by atoms with van der Waals surface area (Å²) in [4.78, 5) is 37.9. The van der Waals surface area contributed by atoms with Gasteiger partial charge in [0.15, 0.2) is 6.10 Å². The second-order valence-electron chi connectivity index (χ2n) is 21.7. The summed E-state index contributed by atoms with van der Waals surface area (Å²) in [6.45, 7) is 6.42. The molecule has 0 saturated heterocycles. The Labute approximate surface area is 465 Å². The monoisotopic (exact) mass is 1050 g/mol. The number of carbonyl (C=O) groups is 3. The number of ether oxygens (including phenoxy) is 3. The molecule has 0 N–H and O–H groups in total. The van der Waals surface area contributed by atoms with Gasteiger partial charge in [-0.2, -0.15) is 0 Å². The lowest BCUT2D eigenvalue weighted by Crippen LogP contribution is -2.30. The van der Waals surface area contributed by atoms with E-state index in [0.717, 1.165) is 70.6 Å². The van der Waals surface area contributed by atoms with Gasteiger partial charge in [0.1, 0.15) is 13.2 Å². The molecule has 0 aromatic rings. The van der Waals surface area contributed by atoms with Crippen molar-refractivity contribution in [2.45, 2.75) is 335 Å². The van der Waals surface area contributed by atoms with Gasteiger partial charge in [-0.05, 0) is 70.6 Å². The average Bonchev–Trinajstić information content (AvgIpc) is 3.41. The third-order valence-corrected chi connectivity index (χ3v) is 14.2. The van der Waals surface area contributed by atoms with Crippen LogP contribution in [0.2, 0.25) is 0 Å². The van der Waals surface area contributed by atoms with Crippen LogP contribution in [0.4, 0.5) is 0 Å². The number of hydrogen-bond acceptors (Lipinski definition) is 6. The van der Waals surface area contributed by atoms with Crippen LogP contribution in [0.5, 0.6) is 0 Å². The normalized spacial score (nSPS) is 12.5. The first-order valence-corrected chi connectivity index (χ1v) is 32.4. The van der Waals surface area contributed by atoms with Crippen molar-refractivity contribution in [2.75, 3.05) is 13.2 Å². The fraction of sp³-hybridized carbons (Fsp3) is 0.783. The maximum absolute atomic E-state index is 12.7. The van der Waals surface area contributed by atoms with Gasteiger partial charge in [0.2, 0.25) is 0 Å². The summed E-state index contributed by atoms with van der Waals surface area (Å²) in [7, 11) is 0. The maximum atomic E-state index is 12.7. The number of rotatable bonds is 59. The highest BCUT2D eigenvalue weighted by Crippen LogP contribution is 2.17. The summed E-state index contributed by atoms with van der Waals surface area (Å²) >= 11 is 0. The number of carbonyl (C=O) groups excluding carboxylic acids is 3. The smallest absolute Gasteiger partial charge is 0.310 e. The Bertz CT molecular complexity index is 1390. The molecule has 0 aliphatic carbocycles. The van der Waals surface area contributed by atoms with Crippen molar-refractivity contribution in [3.8, 4) is 0 Å². The van der Waals surface area contributed by atoms with Crippen LogP contribution >= 0.6 is 0 Å². The highest BCUT2D eigenvalue weighted by atomic mass is 16.6. The molecule has 0 bridgehead atoms. The summed E-state index contributed by atoms with van der Waals surface area (Å²) in [6, 6.07) is 0.